The molecule has 0 radical (unpaired) electrons. The number of nitrogens with zero attached hydrogens (tertiary/aromatic N) is 2. The number of aromatic hydroxyl groups is 1. The number of hydrogen-bond acceptors (Lipinski definition) is 3. The van der Waals surface area contributed by atoms with E-state index >= 15 is 0 Å². The van der Waals surface area contributed by atoms with Crippen LogP contribution in [-0.2, 0) is 4.79 Å². The highest BCUT2D eigenvalue weighted by Gasteiger charge is 2.23. The molecule has 0 unspecified atom stereocenters. The van der Waals surface area contributed by atoms with Crippen LogP contribution in [0.15, 0.2) is 22.8 Å². The summed E-state index contributed by atoms with van der Waals surface area (Å²) >= 11 is 11.6. The maximum atomic E-state index is 11.8. The molecule has 94 valence electrons. The van der Waals surface area contributed by atoms with E-state index in [9.17, 15) is 9.90 Å². The monoisotopic (exact) mass is 284 g/mol. The number of hydrogen-bond donors (Lipinski definition) is 1. The molecule has 2 rings (SSSR count). The Bertz CT molecular complexity index is 571. The number of benzene rings is 1. The third-order valence-electron chi connectivity index (χ3n) is 2.63. The van der Waals surface area contributed by atoms with Crippen molar-refractivity contribution in [1.29, 1.82) is 0 Å². The first kappa shape index (κ1) is 12.9. The maximum absolute atomic E-state index is 11.8. The van der Waals surface area contributed by atoms with Crippen LogP contribution < -0.4 is 0 Å². The zero-order valence-electron chi connectivity index (χ0n) is 9.74. The lowest BCUT2D eigenvalue weighted by atomic mass is 10.2. The van der Waals surface area contributed by atoms with Gasteiger partial charge in [0.05, 0.1) is 10.0 Å². The van der Waals surface area contributed by atoms with Gasteiger partial charge in [-0.3, -0.25) is 9.69 Å². The van der Waals surface area contributed by atoms with E-state index < -0.39 is 0 Å². The van der Waals surface area contributed by atoms with Crippen molar-refractivity contribution >= 4 is 41.0 Å². The molecule has 0 atom stereocenters. The van der Waals surface area contributed by atoms with Gasteiger partial charge >= 0.3 is 0 Å². The van der Waals surface area contributed by atoms with Crippen LogP contribution in [0.1, 0.15) is 12.5 Å². The minimum Gasteiger partial charge on any atom is -0.505 e. The first-order valence-electron chi connectivity index (χ1n) is 5.13. The van der Waals surface area contributed by atoms with E-state index in [1.54, 1.807) is 20.0 Å². The predicted molar refractivity (Wildman–Crippen MR) is 72.0 cm³/mol. The molecule has 0 saturated heterocycles. The summed E-state index contributed by atoms with van der Waals surface area (Å²) < 4.78 is 0. The average Bonchev–Trinajstić information content (AvgIpc) is 2.54. The van der Waals surface area contributed by atoms with Crippen molar-refractivity contribution in [1.82, 2.24) is 4.90 Å². The number of carbonyl (C=O) groups excluding carboxylic acids is 1. The summed E-state index contributed by atoms with van der Waals surface area (Å²) in [7, 11) is 1.65. The van der Waals surface area contributed by atoms with E-state index in [1.165, 1.54) is 17.0 Å². The summed E-state index contributed by atoms with van der Waals surface area (Å²) in [5.41, 5.74) is 0.922. The van der Waals surface area contributed by atoms with E-state index in [-0.39, 0.29) is 21.7 Å². The van der Waals surface area contributed by atoms with Crippen LogP contribution in [0.25, 0.3) is 6.08 Å². The fraction of sp³-hybridized carbons (Fsp3) is 0.167. The Hall–Kier alpha value is -1.52. The lowest BCUT2D eigenvalue weighted by molar-refractivity contribution is -0.121. The number of amides is 1. The second-order valence-electron chi connectivity index (χ2n) is 3.89. The Kier molecular flexibility index (Phi) is 3.32. The number of aliphatic imine (C=N–C) groups is 1. The summed E-state index contributed by atoms with van der Waals surface area (Å²) in [4.78, 5) is 17.4. The van der Waals surface area contributed by atoms with Gasteiger partial charge in [0, 0.05) is 7.05 Å². The fourth-order valence-corrected chi connectivity index (χ4v) is 2.04. The highest BCUT2D eigenvalue weighted by molar-refractivity contribution is 6.37. The van der Waals surface area contributed by atoms with Gasteiger partial charge < -0.3 is 5.11 Å². The van der Waals surface area contributed by atoms with Crippen molar-refractivity contribution in [3.8, 4) is 5.75 Å². The Morgan fingerprint density at radius 3 is 2.33 bits per heavy atom. The molecular formula is C12H10Cl2N2O2. The van der Waals surface area contributed by atoms with Crippen LogP contribution in [-0.4, -0.2) is 28.8 Å². The van der Waals surface area contributed by atoms with E-state index in [4.69, 9.17) is 23.2 Å². The molecule has 4 nitrogen and oxygen atoms in total. The lowest BCUT2D eigenvalue weighted by Gasteiger charge is -2.06. The van der Waals surface area contributed by atoms with Crippen LogP contribution >= 0.6 is 23.2 Å². The molecule has 0 spiro atoms. The number of carbonyl (C=O) groups is 1. The SMILES string of the molecule is CC1=NC(=Cc2cc(Cl)c(O)c(Cl)c2)C(=O)N1C. The van der Waals surface area contributed by atoms with E-state index in [0.29, 0.717) is 17.1 Å². The highest BCUT2D eigenvalue weighted by atomic mass is 35.5. The molecule has 6 heteroatoms. The zero-order valence-corrected chi connectivity index (χ0v) is 11.2. The van der Waals surface area contributed by atoms with Gasteiger partial charge in [0.1, 0.15) is 11.5 Å². The standard InChI is InChI=1S/C12H10Cl2N2O2/c1-6-15-10(12(18)16(6)2)5-7-3-8(13)11(17)9(14)4-7/h3-5,17H,1-2H3. The Labute approximate surface area is 114 Å². The van der Waals surface area contributed by atoms with Crippen LogP contribution in [0, 0.1) is 0 Å². The van der Waals surface area contributed by atoms with Gasteiger partial charge in [-0.2, -0.15) is 0 Å². The molecule has 0 aromatic heterocycles. The van der Waals surface area contributed by atoms with E-state index in [2.05, 4.69) is 4.99 Å². The van der Waals surface area contributed by atoms with Crippen molar-refractivity contribution in [3.63, 3.8) is 0 Å². The number of amidine groups is 1. The Morgan fingerprint density at radius 2 is 1.89 bits per heavy atom. The predicted octanol–water partition coefficient (Wildman–Crippen LogP) is 2.93. The van der Waals surface area contributed by atoms with Gasteiger partial charge in [-0.05, 0) is 30.7 Å². The fourth-order valence-electron chi connectivity index (χ4n) is 1.54. The number of halogens is 2. The molecule has 1 aromatic rings. The maximum Gasteiger partial charge on any atom is 0.277 e. The molecule has 18 heavy (non-hydrogen) atoms. The molecule has 0 aliphatic carbocycles. The summed E-state index contributed by atoms with van der Waals surface area (Å²) in [6.07, 6.45) is 1.58. The first-order chi connectivity index (χ1) is 8.40. The van der Waals surface area contributed by atoms with Crippen molar-refractivity contribution in [2.24, 2.45) is 4.99 Å². The summed E-state index contributed by atoms with van der Waals surface area (Å²) in [5.74, 6) is 0.269. The normalized spacial score (nSPS) is 17.6. The molecule has 1 amide bonds. The van der Waals surface area contributed by atoms with Gasteiger partial charge in [-0.1, -0.05) is 23.2 Å². The largest absolute Gasteiger partial charge is 0.505 e. The van der Waals surface area contributed by atoms with Crippen molar-refractivity contribution in [2.45, 2.75) is 6.92 Å². The lowest BCUT2D eigenvalue weighted by Crippen LogP contribution is -2.25. The molecule has 1 aliphatic rings. The van der Waals surface area contributed by atoms with E-state index in [0.717, 1.165) is 0 Å². The molecule has 0 fully saturated rings. The van der Waals surface area contributed by atoms with Gasteiger partial charge in [0.15, 0.2) is 5.75 Å². The quantitative estimate of drug-likeness (QED) is 0.806. The van der Waals surface area contributed by atoms with Crippen molar-refractivity contribution < 1.29 is 9.90 Å². The minimum atomic E-state index is -0.187. The van der Waals surface area contributed by atoms with Crippen LogP contribution in [0.2, 0.25) is 10.0 Å². The smallest absolute Gasteiger partial charge is 0.277 e. The topological polar surface area (TPSA) is 52.9 Å². The van der Waals surface area contributed by atoms with Crippen LogP contribution in [0.5, 0.6) is 5.75 Å². The zero-order chi connectivity index (χ0) is 13.4. The summed E-state index contributed by atoms with van der Waals surface area (Å²) in [5, 5.41) is 9.71. The Morgan fingerprint density at radius 1 is 1.33 bits per heavy atom. The number of likely N-dealkylation sites (N-methyl/N-ethyl adjacent to an activating group) is 1. The number of phenols is 1. The second kappa shape index (κ2) is 4.63. The molecule has 1 heterocycles. The minimum absolute atomic E-state index is 0.133. The highest BCUT2D eigenvalue weighted by Crippen LogP contribution is 2.33. The summed E-state index contributed by atoms with van der Waals surface area (Å²) in [6, 6.07) is 3.04. The first-order valence-corrected chi connectivity index (χ1v) is 5.89. The molecule has 1 aliphatic heterocycles. The van der Waals surface area contributed by atoms with E-state index in [1.807, 2.05) is 0 Å². The Balaban J connectivity index is 2.44. The molecule has 1 aromatic carbocycles. The third-order valence-corrected chi connectivity index (χ3v) is 3.21. The molecule has 0 bridgehead atoms. The van der Waals surface area contributed by atoms with Crippen LogP contribution in [0.4, 0.5) is 0 Å². The van der Waals surface area contributed by atoms with Gasteiger partial charge in [0.25, 0.3) is 5.91 Å². The average molecular weight is 285 g/mol. The van der Waals surface area contributed by atoms with Crippen LogP contribution in [0.3, 0.4) is 0 Å². The van der Waals surface area contributed by atoms with Gasteiger partial charge in [-0.15, -0.1) is 0 Å². The van der Waals surface area contributed by atoms with Gasteiger partial charge in [-0.25, -0.2) is 4.99 Å². The molecule has 1 N–H and O–H groups in total. The number of phenolic OH excluding ortho intramolecular Hbond substituents is 1. The van der Waals surface area contributed by atoms with Crippen molar-refractivity contribution in [2.75, 3.05) is 7.05 Å². The van der Waals surface area contributed by atoms with Crippen molar-refractivity contribution in [3.05, 3.63) is 33.4 Å². The second-order valence-corrected chi connectivity index (χ2v) is 4.70. The third kappa shape index (κ3) is 2.21. The summed E-state index contributed by atoms with van der Waals surface area (Å²) in [6.45, 7) is 1.75. The molecular weight excluding hydrogens is 275 g/mol. The van der Waals surface area contributed by atoms with Gasteiger partial charge in [0.2, 0.25) is 0 Å². The number of rotatable bonds is 1. The molecule has 0 saturated carbocycles.